The van der Waals surface area contributed by atoms with Crippen molar-refractivity contribution in [2.24, 2.45) is 0 Å². The molecule has 184 valence electrons. The van der Waals surface area contributed by atoms with Crippen LogP contribution in [0.4, 0.5) is 5.69 Å². The van der Waals surface area contributed by atoms with E-state index in [0.29, 0.717) is 17.0 Å². The zero-order valence-electron chi connectivity index (χ0n) is 20.2. The zero-order valence-corrected chi connectivity index (χ0v) is 20.9. The van der Waals surface area contributed by atoms with Crippen molar-refractivity contribution >= 4 is 40.7 Å². The number of aryl methyl sites for hydroxylation is 2. The number of aliphatic hydroxyl groups is 1. The second kappa shape index (κ2) is 9.87. The number of halogens is 1. The summed E-state index contributed by atoms with van der Waals surface area (Å²) in [5.74, 6) is -1.97. The Hall–Kier alpha value is -4.10. The van der Waals surface area contributed by atoms with E-state index in [-0.39, 0.29) is 21.9 Å². The molecule has 3 aromatic rings. The molecule has 1 N–H and O–H groups in total. The minimum Gasteiger partial charge on any atom is -0.507 e. The van der Waals surface area contributed by atoms with Crippen LogP contribution in [0.15, 0.2) is 66.2 Å². The molecule has 4 rings (SSSR count). The van der Waals surface area contributed by atoms with Crippen LogP contribution >= 0.6 is 11.6 Å². The molecule has 7 nitrogen and oxygen atoms in total. The minimum atomic E-state index is -1.01. The van der Waals surface area contributed by atoms with E-state index in [1.165, 1.54) is 31.1 Å². The van der Waals surface area contributed by atoms with Crippen molar-refractivity contribution in [3.63, 3.8) is 0 Å². The zero-order chi connectivity index (χ0) is 26.1. The number of ether oxygens (including phenoxy) is 2. The van der Waals surface area contributed by atoms with Gasteiger partial charge in [-0.05, 0) is 73.0 Å². The summed E-state index contributed by atoms with van der Waals surface area (Å²) in [7, 11) is 1.46. The van der Waals surface area contributed by atoms with Crippen LogP contribution in [0.25, 0.3) is 5.76 Å². The lowest BCUT2D eigenvalue weighted by Crippen LogP contribution is -2.29. The number of carbonyl (C=O) groups excluding carboxylic acids is 3. The van der Waals surface area contributed by atoms with Crippen LogP contribution in [0.1, 0.15) is 35.2 Å². The van der Waals surface area contributed by atoms with Crippen molar-refractivity contribution in [2.75, 3.05) is 12.0 Å². The minimum absolute atomic E-state index is 0.144. The van der Waals surface area contributed by atoms with Crippen molar-refractivity contribution in [1.82, 2.24) is 0 Å². The molecule has 0 aromatic heterocycles. The molecular weight excluding hydrogens is 482 g/mol. The number of Topliss-reactive ketones (excluding diaryl/α,β-unsaturated/α-hetero) is 1. The van der Waals surface area contributed by atoms with Gasteiger partial charge in [0.2, 0.25) is 0 Å². The first kappa shape index (κ1) is 25.0. The molecule has 0 bridgehead atoms. The first-order valence-electron chi connectivity index (χ1n) is 11.1. The standard InChI is InChI=1S/C28H24ClNO6/c1-15-10-16(2)12-19(11-15)30-25(18-6-5-7-21(13-18)36-17(3)31)24(27(33)28(30)34)26(32)22-14-20(35-4)8-9-23(22)29/h5-14,25,32H,1-4H3/b26-24+. The highest BCUT2D eigenvalue weighted by molar-refractivity contribution is 6.52. The number of amides is 1. The highest BCUT2D eigenvalue weighted by Crippen LogP contribution is 2.44. The Morgan fingerprint density at radius 3 is 2.31 bits per heavy atom. The lowest BCUT2D eigenvalue weighted by molar-refractivity contribution is -0.132. The average molecular weight is 506 g/mol. The summed E-state index contributed by atoms with van der Waals surface area (Å²) in [5.41, 5.74) is 2.76. The maximum absolute atomic E-state index is 13.4. The fourth-order valence-electron chi connectivity index (χ4n) is 4.38. The van der Waals surface area contributed by atoms with E-state index >= 15 is 0 Å². The molecule has 0 saturated carbocycles. The van der Waals surface area contributed by atoms with E-state index in [1.54, 1.807) is 42.5 Å². The van der Waals surface area contributed by atoms with Crippen molar-refractivity contribution in [2.45, 2.75) is 26.8 Å². The lowest BCUT2D eigenvalue weighted by Gasteiger charge is -2.26. The Balaban J connectivity index is 1.99. The third kappa shape index (κ3) is 4.70. The van der Waals surface area contributed by atoms with Crippen LogP contribution in [0.3, 0.4) is 0 Å². The number of aliphatic hydroxyl groups excluding tert-OH is 1. The van der Waals surface area contributed by atoms with Crippen LogP contribution < -0.4 is 14.4 Å². The quantitative estimate of drug-likeness (QED) is 0.161. The van der Waals surface area contributed by atoms with Crippen LogP contribution in [0, 0.1) is 13.8 Å². The molecule has 1 amide bonds. The van der Waals surface area contributed by atoms with E-state index in [9.17, 15) is 19.5 Å². The van der Waals surface area contributed by atoms with Gasteiger partial charge in [0.15, 0.2) is 0 Å². The number of hydrogen-bond acceptors (Lipinski definition) is 6. The second-order valence-corrected chi connectivity index (χ2v) is 8.93. The SMILES string of the molecule is COc1ccc(Cl)c(/C(O)=C2\C(=O)C(=O)N(c3cc(C)cc(C)c3)C2c2cccc(OC(C)=O)c2)c1. The van der Waals surface area contributed by atoms with Gasteiger partial charge in [0.05, 0.1) is 23.7 Å². The molecule has 1 aliphatic rings. The monoisotopic (exact) mass is 505 g/mol. The van der Waals surface area contributed by atoms with Gasteiger partial charge in [-0.25, -0.2) is 0 Å². The predicted octanol–water partition coefficient (Wildman–Crippen LogP) is 5.52. The molecule has 8 heteroatoms. The molecule has 0 radical (unpaired) electrons. The van der Waals surface area contributed by atoms with Gasteiger partial charge in [0, 0.05) is 18.2 Å². The number of nitrogens with zero attached hydrogens (tertiary/aromatic N) is 1. The summed E-state index contributed by atoms with van der Waals surface area (Å²) in [6.07, 6.45) is 0. The van der Waals surface area contributed by atoms with Crippen molar-refractivity contribution in [3.05, 3.63) is 93.5 Å². The smallest absolute Gasteiger partial charge is 0.308 e. The summed E-state index contributed by atoms with van der Waals surface area (Å²) in [6, 6.07) is 15.7. The molecule has 1 saturated heterocycles. The Bertz CT molecular complexity index is 1410. The largest absolute Gasteiger partial charge is 0.507 e. The highest BCUT2D eigenvalue weighted by atomic mass is 35.5. The predicted molar refractivity (Wildman–Crippen MR) is 136 cm³/mol. The molecule has 1 fully saturated rings. The van der Waals surface area contributed by atoms with Gasteiger partial charge in [0.25, 0.3) is 11.7 Å². The first-order chi connectivity index (χ1) is 17.1. The summed E-state index contributed by atoms with van der Waals surface area (Å²) < 4.78 is 10.5. The molecule has 36 heavy (non-hydrogen) atoms. The third-order valence-electron chi connectivity index (χ3n) is 5.79. The van der Waals surface area contributed by atoms with E-state index in [0.717, 1.165) is 11.1 Å². The number of benzene rings is 3. The number of hydrogen-bond donors (Lipinski definition) is 1. The number of carbonyl (C=O) groups is 3. The van der Waals surface area contributed by atoms with E-state index in [4.69, 9.17) is 21.1 Å². The fourth-order valence-corrected chi connectivity index (χ4v) is 4.58. The Morgan fingerprint density at radius 2 is 1.67 bits per heavy atom. The number of esters is 1. The fraction of sp³-hybridized carbons (Fsp3) is 0.179. The van der Waals surface area contributed by atoms with Crippen LogP contribution in [0.5, 0.6) is 11.5 Å². The van der Waals surface area contributed by atoms with Gasteiger partial charge < -0.3 is 14.6 Å². The Kier molecular flexibility index (Phi) is 6.86. The molecule has 1 heterocycles. The Labute approximate surface area is 213 Å². The summed E-state index contributed by atoms with van der Waals surface area (Å²) in [4.78, 5) is 39.7. The maximum atomic E-state index is 13.4. The van der Waals surface area contributed by atoms with Crippen molar-refractivity contribution in [1.29, 1.82) is 0 Å². The third-order valence-corrected chi connectivity index (χ3v) is 6.12. The average Bonchev–Trinajstić information content (AvgIpc) is 3.08. The first-order valence-corrected chi connectivity index (χ1v) is 11.5. The normalized spacial score (nSPS) is 16.8. The molecule has 3 aromatic carbocycles. The van der Waals surface area contributed by atoms with Gasteiger partial charge in [-0.1, -0.05) is 29.8 Å². The molecular formula is C28H24ClNO6. The van der Waals surface area contributed by atoms with E-state index in [1.807, 2.05) is 19.9 Å². The van der Waals surface area contributed by atoms with Gasteiger partial charge in [-0.15, -0.1) is 0 Å². The number of rotatable bonds is 5. The summed E-state index contributed by atoms with van der Waals surface area (Å²) >= 11 is 6.36. The number of anilines is 1. The molecule has 1 aliphatic heterocycles. The summed E-state index contributed by atoms with van der Waals surface area (Å²) in [5, 5.41) is 11.6. The highest BCUT2D eigenvalue weighted by Gasteiger charge is 2.47. The van der Waals surface area contributed by atoms with E-state index < -0.39 is 29.5 Å². The molecule has 1 unspecified atom stereocenters. The second-order valence-electron chi connectivity index (χ2n) is 8.53. The van der Waals surface area contributed by atoms with Crippen molar-refractivity contribution in [3.8, 4) is 11.5 Å². The Morgan fingerprint density at radius 1 is 0.972 bits per heavy atom. The van der Waals surface area contributed by atoms with Gasteiger partial charge in [0.1, 0.15) is 17.3 Å². The van der Waals surface area contributed by atoms with Crippen LogP contribution in [-0.2, 0) is 14.4 Å². The van der Waals surface area contributed by atoms with Crippen molar-refractivity contribution < 1.29 is 29.0 Å². The van der Waals surface area contributed by atoms with Gasteiger partial charge in [-0.3, -0.25) is 19.3 Å². The summed E-state index contributed by atoms with van der Waals surface area (Å²) in [6.45, 7) is 5.05. The van der Waals surface area contributed by atoms with E-state index in [2.05, 4.69) is 0 Å². The van der Waals surface area contributed by atoms with Gasteiger partial charge >= 0.3 is 5.97 Å². The maximum Gasteiger partial charge on any atom is 0.308 e. The van der Waals surface area contributed by atoms with Crippen LogP contribution in [0.2, 0.25) is 5.02 Å². The molecule has 0 spiro atoms. The topological polar surface area (TPSA) is 93.1 Å². The molecule has 0 aliphatic carbocycles. The van der Waals surface area contributed by atoms with Gasteiger partial charge in [-0.2, -0.15) is 0 Å². The molecule has 1 atom stereocenters. The lowest BCUT2D eigenvalue weighted by atomic mass is 9.94. The number of methoxy groups -OCH3 is 1. The van der Waals surface area contributed by atoms with Crippen LogP contribution in [-0.4, -0.2) is 29.9 Å². The number of ketones is 1.